The summed E-state index contributed by atoms with van der Waals surface area (Å²) in [5, 5.41) is 48.4. The van der Waals surface area contributed by atoms with Gasteiger partial charge in [-0.05, 0) is 192 Å². The zero-order chi connectivity index (χ0) is 85.2. The predicted molar refractivity (Wildman–Crippen MR) is 452 cm³/mol. The Labute approximate surface area is 694 Å². The Morgan fingerprint density at radius 3 is 0.966 bits per heavy atom. The number of halogens is 4. The van der Waals surface area contributed by atoms with E-state index in [9.17, 15) is 28.0 Å². The molecular weight excluding hydrogens is 1570 g/mol. The van der Waals surface area contributed by atoms with Gasteiger partial charge in [-0.1, -0.05) is 27.7 Å². The SMILES string of the molecule is CC(C)(C)OC(=O)CC1CNCC(C(F)(F)F)C1.CC1CC(CC(=O)OC(C)(C)C)CN(c2ccc(C#N)c3nccnc23)C1.CC1CC(N)CN(c2ccc(C#N)c3nccnc23)C1.CC1CC(N)CN(c2ccc(C#N)c3nccnc23)C1.CC1CC(N)CN(c2ccc(C#N)c3nccnc23)C1.N#Cc1ccc(Br)c2nccnc12. The summed E-state index contributed by atoms with van der Waals surface area (Å²) in [5.41, 5.74) is 31.2. The van der Waals surface area contributed by atoms with Crippen LogP contribution in [0.1, 0.15) is 142 Å². The highest BCUT2D eigenvalue weighted by molar-refractivity contribution is 9.10. The molecule has 5 aliphatic rings. The van der Waals surface area contributed by atoms with Gasteiger partial charge < -0.3 is 51.6 Å². The van der Waals surface area contributed by atoms with Crippen LogP contribution in [0.25, 0.3) is 55.2 Å². The van der Waals surface area contributed by atoms with E-state index in [-0.39, 0.29) is 55.3 Å². The van der Waals surface area contributed by atoms with E-state index >= 15 is 0 Å². The second-order valence-corrected chi connectivity index (χ2v) is 34.0. The molecule has 0 bridgehead atoms. The maximum absolute atomic E-state index is 12.6. The van der Waals surface area contributed by atoms with E-state index in [2.05, 4.69) is 149 Å². The van der Waals surface area contributed by atoms with Crippen molar-refractivity contribution in [1.29, 1.82) is 26.3 Å². The first-order chi connectivity index (χ1) is 56.2. The van der Waals surface area contributed by atoms with Gasteiger partial charge >= 0.3 is 18.1 Å². The topological polar surface area (TPSA) is 403 Å². The molecule has 0 saturated carbocycles. The summed E-state index contributed by atoms with van der Waals surface area (Å²) in [7, 11) is 0. The standard InChI is InChI=1S/C21H26N4O2.3C15H17N5.C12H20F3NO2.C9H4BrN3/c1-14-9-15(10-18(26)27-21(2,3)4)13-25(12-14)17-6-5-16(11-22)19-20(17)24-8-7-23-19;3*1-10-6-12(17)9-20(8-10)13-3-2-11(7-16)14-15(13)19-5-4-18-14;1-11(2,3)18-10(17)5-8-4-9(7-16-6-8)12(13,14)15;10-7-2-1-6(5-11)8-9(7)13-4-3-12-8/h5-8,14-15H,9-10,12-13H2,1-4H3;3*2-5,10,12H,6,8-9,17H2,1H3;8-9,16H,4-7H2,1-3H3;1-4H. The zero-order valence-electron chi connectivity index (χ0n) is 68.2. The van der Waals surface area contributed by atoms with Crippen molar-refractivity contribution in [2.45, 2.75) is 150 Å². The summed E-state index contributed by atoms with van der Waals surface area (Å²) in [5.74, 6) is 0.102. The van der Waals surface area contributed by atoms with Gasteiger partial charge in [0.25, 0.3) is 0 Å². The van der Waals surface area contributed by atoms with Gasteiger partial charge in [0.2, 0.25) is 0 Å². The number of nitriles is 5. The van der Waals surface area contributed by atoms with Gasteiger partial charge in [0.15, 0.2) is 0 Å². The van der Waals surface area contributed by atoms with Crippen molar-refractivity contribution in [3.63, 3.8) is 0 Å². The zero-order valence-corrected chi connectivity index (χ0v) is 69.8. The minimum Gasteiger partial charge on any atom is -0.460 e. The number of nitrogens with two attached hydrogens (primary N) is 3. The van der Waals surface area contributed by atoms with Crippen molar-refractivity contribution in [2.75, 3.05) is 85.0 Å². The van der Waals surface area contributed by atoms with Gasteiger partial charge in [-0.15, -0.1) is 0 Å². The molecule has 31 heteroatoms. The normalized spacial score (nSPS) is 21.3. The number of alkyl halides is 3. The van der Waals surface area contributed by atoms with Crippen molar-refractivity contribution in [1.82, 2.24) is 55.2 Å². The van der Waals surface area contributed by atoms with Crippen molar-refractivity contribution in [3.8, 4) is 30.3 Å². The molecule has 0 aliphatic carbocycles. The number of aromatic nitrogens is 10. The Kier molecular flexibility index (Phi) is 30.2. The van der Waals surface area contributed by atoms with Crippen LogP contribution < -0.4 is 42.1 Å². The van der Waals surface area contributed by atoms with E-state index in [0.717, 1.165) is 133 Å². The number of carbonyl (C=O) groups is 2. The van der Waals surface area contributed by atoms with Gasteiger partial charge in [0.05, 0.1) is 62.9 Å². The molecule has 10 atom stereocenters. The van der Waals surface area contributed by atoms with Gasteiger partial charge in [-0.2, -0.15) is 39.5 Å². The molecular formula is C87H101BrF3N23O4. The molecule has 27 nitrogen and oxygen atoms in total. The summed E-state index contributed by atoms with van der Waals surface area (Å²) in [4.78, 5) is 76.1. The van der Waals surface area contributed by atoms with Crippen molar-refractivity contribution in [3.05, 3.63) is 155 Å². The summed E-state index contributed by atoms with van der Waals surface area (Å²) >= 11 is 3.35. The number of esters is 2. The van der Waals surface area contributed by atoms with E-state index in [4.69, 9.17) is 47.7 Å². The van der Waals surface area contributed by atoms with E-state index < -0.39 is 29.3 Å². The van der Waals surface area contributed by atoms with Gasteiger partial charge in [0.1, 0.15) is 96.7 Å². The first kappa shape index (κ1) is 88.9. The maximum atomic E-state index is 12.6. The third-order valence-electron chi connectivity index (χ3n) is 20.4. The number of ether oxygens (including phenoxy) is 2. The molecule has 0 radical (unpaired) electrons. The van der Waals surface area contributed by atoms with Crippen LogP contribution in [0, 0.1) is 98.1 Å². The first-order valence-corrected chi connectivity index (χ1v) is 40.3. The highest BCUT2D eigenvalue weighted by Gasteiger charge is 2.43. The monoisotopic (exact) mass is 1670 g/mol. The molecule has 7 N–H and O–H groups in total. The molecule has 0 spiro atoms. The van der Waals surface area contributed by atoms with E-state index in [0.29, 0.717) is 92.0 Å². The van der Waals surface area contributed by atoms with Crippen molar-refractivity contribution < 1.29 is 32.2 Å². The molecule has 15 rings (SSSR count). The number of benzene rings is 5. The fraction of sp³-hybridized carbons (Fsp3) is 0.460. The molecule has 118 heavy (non-hydrogen) atoms. The molecule has 5 aromatic heterocycles. The third kappa shape index (κ3) is 23.9. The Hall–Kier alpha value is -11.5. The number of carbonyl (C=O) groups excluding carboxylic acids is 2. The lowest BCUT2D eigenvalue weighted by molar-refractivity contribution is -0.183. The quantitative estimate of drug-likeness (QED) is 0.103. The summed E-state index contributed by atoms with van der Waals surface area (Å²) in [6.45, 7) is 27.1. The van der Waals surface area contributed by atoms with Crippen LogP contribution in [0.5, 0.6) is 0 Å². The first-order valence-electron chi connectivity index (χ1n) is 39.6. The summed E-state index contributed by atoms with van der Waals surface area (Å²) in [6.07, 6.45) is 16.7. The van der Waals surface area contributed by atoms with Gasteiger partial charge in [-0.25, -0.2) is 0 Å². The molecule has 10 aromatic rings. The lowest BCUT2D eigenvalue weighted by Gasteiger charge is -2.38. The molecule has 10 unspecified atom stereocenters. The highest BCUT2D eigenvalue weighted by atomic mass is 79.9. The Bertz CT molecular complexity index is 5090. The lowest BCUT2D eigenvalue weighted by atomic mass is 9.87. The number of rotatable bonds is 8. The Morgan fingerprint density at radius 1 is 0.398 bits per heavy atom. The molecule has 0 amide bonds. The minimum atomic E-state index is -4.19. The predicted octanol–water partition coefficient (Wildman–Crippen LogP) is 13.5. The summed E-state index contributed by atoms with van der Waals surface area (Å²) in [6, 6.07) is 29.9. The number of fused-ring (bicyclic) bond motifs is 5. The lowest BCUT2D eigenvalue weighted by Crippen LogP contribution is -2.46. The van der Waals surface area contributed by atoms with Crippen molar-refractivity contribution >= 4 is 106 Å². The van der Waals surface area contributed by atoms with E-state index in [1.54, 1.807) is 101 Å². The van der Waals surface area contributed by atoms with Crippen LogP contribution >= 0.6 is 15.9 Å². The minimum absolute atomic E-state index is 0.00422. The smallest absolute Gasteiger partial charge is 0.393 e. The van der Waals surface area contributed by atoms with Crippen LogP contribution in [0.3, 0.4) is 0 Å². The van der Waals surface area contributed by atoms with Crippen LogP contribution in [0.15, 0.2) is 127 Å². The second kappa shape index (κ2) is 40.1. The average molecular weight is 1670 g/mol. The average Bonchev–Trinajstić information content (AvgIpc) is 0.796. The molecule has 10 heterocycles. The van der Waals surface area contributed by atoms with E-state index in [1.165, 1.54) is 0 Å². The molecule has 5 fully saturated rings. The maximum Gasteiger partial charge on any atom is 0.393 e. The number of hydrogen-bond acceptors (Lipinski definition) is 27. The second-order valence-electron chi connectivity index (χ2n) is 33.2. The Morgan fingerprint density at radius 2 is 0.669 bits per heavy atom. The number of nitrogens with zero attached hydrogens (tertiary/aromatic N) is 19. The van der Waals surface area contributed by atoms with Gasteiger partial charge in [-0.3, -0.25) is 59.4 Å². The van der Waals surface area contributed by atoms with Crippen LogP contribution in [-0.2, 0) is 19.1 Å². The van der Waals surface area contributed by atoms with Crippen LogP contribution in [0.4, 0.5) is 35.9 Å². The molecule has 5 saturated heterocycles. The highest BCUT2D eigenvalue weighted by Crippen LogP contribution is 2.38. The molecule has 5 aliphatic heterocycles. The van der Waals surface area contributed by atoms with Crippen LogP contribution in [-0.4, -0.2) is 163 Å². The van der Waals surface area contributed by atoms with Crippen molar-refractivity contribution in [2.24, 2.45) is 58.6 Å². The fourth-order valence-electron chi connectivity index (χ4n) is 16.0. The number of hydrogen-bond donors (Lipinski definition) is 4. The number of anilines is 4. The largest absolute Gasteiger partial charge is 0.460 e. The molecule has 5 aromatic carbocycles. The Balaban J connectivity index is 0.000000151. The van der Waals surface area contributed by atoms with E-state index in [1.807, 2.05) is 63.2 Å². The third-order valence-corrected chi connectivity index (χ3v) is 21.1. The van der Waals surface area contributed by atoms with Crippen LogP contribution in [0.2, 0.25) is 0 Å². The summed E-state index contributed by atoms with van der Waals surface area (Å²) < 4.78 is 49.2. The van der Waals surface area contributed by atoms with Gasteiger partial charge in [0, 0.05) is 150 Å². The fourth-order valence-corrected chi connectivity index (χ4v) is 16.4. The molecule has 616 valence electrons. The number of piperidine rings is 5. The number of nitrogens with one attached hydrogen (secondary N) is 1.